The number of hydrogen-bond donors (Lipinski definition) is 4. The second-order valence-electron chi connectivity index (χ2n) is 16.9. The van der Waals surface area contributed by atoms with E-state index in [0.29, 0.717) is 19.3 Å². The second kappa shape index (κ2) is 44.9. The number of allylic oxidation sites excluding steroid dienone is 3. The van der Waals surface area contributed by atoms with Crippen molar-refractivity contribution in [3.63, 3.8) is 0 Å². The van der Waals surface area contributed by atoms with Crippen molar-refractivity contribution in [3.8, 4) is 0 Å². The highest BCUT2D eigenvalue weighted by atomic mass is 16.5. The van der Waals surface area contributed by atoms with Crippen LogP contribution in [0.5, 0.6) is 0 Å². The van der Waals surface area contributed by atoms with Crippen molar-refractivity contribution in [3.05, 3.63) is 24.3 Å². The van der Waals surface area contributed by atoms with Crippen LogP contribution in [0.25, 0.3) is 0 Å². The number of carbonyl (C=O) groups is 4. The van der Waals surface area contributed by atoms with Crippen LogP contribution in [0.1, 0.15) is 245 Å². The Morgan fingerprint density at radius 1 is 0.508 bits per heavy atom. The molecule has 0 fully saturated rings. The van der Waals surface area contributed by atoms with Crippen LogP contribution in [0.4, 0.5) is 0 Å². The van der Waals surface area contributed by atoms with Crippen molar-refractivity contribution in [2.75, 3.05) is 13.2 Å². The van der Waals surface area contributed by atoms with Gasteiger partial charge in [0.05, 0.1) is 13.2 Å². The average molecular weight is 833 g/mol. The summed E-state index contributed by atoms with van der Waals surface area (Å²) in [6.45, 7) is 3.49. The van der Waals surface area contributed by atoms with Gasteiger partial charge in [-0.15, -0.1) is 0 Å². The topological polar surface area (TPSA) is 142 Å². The van der Waals surface area contributed by atoms with Gasteiger partial charge >= 0.3 is 11.9 Å². The molecule has 0 aliphatic heterocycles. The molecule has 344 valence electrons. The van der Waals surface area contributed by atoms with E-state index in [4.69, 9.17) is 14.9 Å². The van der Waals surface area contributed by atoms with Gasteiger partial charge in [-0.05, 0) is 70.3 Å². The molecule has 0 radical (unpaired) electrons. The van der Waals surface area contributed by atoms with Crippen LogP contribution < -0.4 is 10.6 Å². The third kappa shape index (κ3) is 41.8. The minimum Gasteiger partial charge on any atom is -0.480 e. The van der Waals surface area contributed by atoms with Crippen LogP contribution >= 0.6 is 0 Å². The molecule has 0 aromatic carbocycles. The number of aliphatic hydroxyl groups is 1. The number of ether oxygens (including phenoxy) is 1. The maximum atomic E-state index is 12.8. The summed E-state index contributed by atoms with van der Waals surface area (Å²) in [6, 6.07) is -1.38. The molecule has 0 rings (SSSR count). The Labute approximate surface area is 362 Å². The number of nitrogens with one attached hydrogen (secondary N) is 2. The van der Waals surface area contributed by atoms with E-state index in [9.17, 15) is 19.2 Å². The first-order chi connectivity index (χ1) is 28.8. The molecular formula is C50H92N2O7. The summed E-state index contributed by atoms with van der Waals surface area (Å²) >= 11 is 0. The Bertz CT molecular complexity index is 1050. The molecule has 59 heavy (non-hydrogen) atoms. The molecule has 9 nitrogen and oxygen atoms in total. The molecule has 9 heteroatoms. The van der Waals surface area contributed by atoms with E-state index in [2.05, 4.69) is 48.8 Å². The van der Waals surface area contributed by atoms with E-state index in [1.807, 2.05) is 0 Å². The van der Waals surface area contributed by atoms with Crippen LogP contribution in [0.2, 0.25) is 0 Å². The van der Waals surface area contributed by atoms with Crippen molar-refractivity contribution >= 4 is 23.8 Å². The first kappa shape index (κ1) is 56.3. The van der Waals surface area contributed by atoms with Gasteiger partial charge in [-0.25, -0.2) is 4.79 Å². The Morgan fingerprint density at radius 2 is 0.915 bits per heavy atom. The molecule has 2 unspecified atom stereocenters. The number of unbranched alkanes of at least 4 members (excludes halogenated alkanes) is 29. The highest BCUT2D eigenvalue weighted by molar-refractivity contribution is 5.87. The molecule has 0 aliphatic carbocycles. The number of amides is 2. The Morgan fingerprint density at radius 3 is 1.37 bits per heavy atom. The summed E-state index contributed by atoms with van der Waals surface area (Å²) < 4.78 is 5.97. The monoisotopic (exact) mass is 833 g/mol. The van der Waals surface area contributed by atoms with Crippen LogP contribution in [-0.2, 0) is 23.9 Å². The minimum atomic E-state index is -1.38. The van der Waals surface area contributed by atoms with Crippen LogP contribution in [0.3, 0.4) is 0 Å². The molecule has 0 aliphatic rings. The van der Waals surface area contributed by atoms with Gasteiger partial charge in [-0.1, -0.05) is 186 Å². The smallest absolute Gasteiger partial charge is 0.328 e. The van der Waals surface area contributed by atoms with E-state index < -0.39 is 24.5 Å². The van der Waals surface area contributed by atoms with E-state index in [-0.39, 0.29) is 24.5 Å². The van der Waals surface area contributed by atoms with Crippen LogP contribution in [-0.4, -0.2) is 59.3 Å². The Hall–Kier alpha value is -2.68. The molecule has 0 saturated carbocycles. The quantitative estimate of drug-likeness (QED) is 0.0272. The zero-order valence-electron chi connectivity index (χ0n) is 38.3. The van der Waals surface area contributed by atoms with Crippen molar-refractivity contribution in [2.45, 2.75) is 257 Å². The fourth-order valence-electron chi connectivity index (χ4n) is 7.33. The number of esters is 1. The van der Waals surface area contributed by atoms with Gasteiger partial charge in [0.2, 0.25) is 11.8 Å². The first-order valence-corrected chi connectivity index (χ1v) is 24.7. The number of carboxylic acid groups (broad SMARTS) is 1. The molecule has 0 spiro atoms. The summed E-state index contributed by atoms with van der Waals surface area (Å²) in [5, 5.41) is 22.6. The molecule has 2 atom stereocenters. The lowest BCUT2D eigenvalue weighted by Gasteiger charge is -2.15. The SMILES string of the molecule is CCCCCCCCC/C=C\C(CCCCCCCCC(=O)NCC(=O)NC(CO)C(=O)O)OC(=O)CCCCCCCCCCC/C=C\CCCCCCCCCC. The number of rotatable bonds is 45. The van der Waals surface area contributed by atoms with Gasteiger partial charge in [0.15, 0.2) is 0 Å². The predicted octanol–water partition coefficient (Wildman–Crippen LogP) is 12.8. The summed E-state index contributed by atoms with van der Waals surface area (Å²) in [6.07, 6.45) is 51.0. The fraction of sp³-hybridized carbons (Fsp3) is 0.840. The summed E-state index contributed by atoms with van der Waals surface area (Å²) in [5.74, 6) is -2.31. The molecule has 0 aromatic heterocycles. The van der Waals surface area contributed by atoms with Crippen molar-refractivity contribution in [2.24, 2.45) is 0 Å². The molecule has 4 N–H and O–H groups in total. The van der Waals surface area contributed by atoms with Gasteiger partial charge < -0.3 is 25.6 Å². The Balaban J connectivity index is 4.15. The zero-order chi connectivity index (χ0) is 43.3. The van der Waals surface area contributed by atoms with E-state index in [1.54, 1.807) is 0 Å². The van der Waals surface area contributed by atoms with Crippen LogP contribution in [0, 0.1) is 0 Å². The third-order valence-corrected chi connectivity index (χ3v) is 11.2. The lowest BCUT2D eigenvalue weighted by molar-refractivity contribution is -0.147. The second-order valence-corrected chi connectivity index (χ2v) is 16.9. The van der Waals surface area contributed by atoms with Crippen LogP contribution in [0.15, 0.2) is 24.3 Å². The number of aliphatic hydroxyl groups excluding tert-OH is 1. The third-order valence-electron chi connectivity index (χ3n) is 11.2. The van der Waals surface area contributed by atoms with E-state index in [1.165, 1.54) is 154 Å². The minimum absolute atomic E-state index is 0.0757. The molecule has 0 heterocycles. The van der Waals surface area contributed by atoms with Crippen molar-refractivity contribution < 1.29 is 34.1 Å². The summed E-state index contributed by atoms with van der Waals surface area (Å²) in [5.41, 5.74) is 0. The standard InChI is InChI=1S/C50H92N2O7/c1-3-5-7-9-11-13-14-15-16-17-18-19-20-21-22-23-24-26-28-34-38-42-49(56)59-45(39-35-31-27-25-12-10-8-6-4-2)40-36-32-29-30-33-37-41-47(54)51-43-48(55)52-46(44-53)50(57)58/h17-18,35,39,45-46,53H,3-16,19-34,36-38,40-44H2,1-2H3,(H,51,54)(H,52,55)(H,57,58)/b18-17-,39-35-. The number of hydrogen-bond acceptors (Lipinski definition) is 6. The van der Waals surface area contributed by atoms with E-state index >= 15 is 0 Å². The summed E-state index contributed by atoms with van der Waals surface area (Å²) in [7, 11) is 0. The number of aliphatic carboxylic acids is 1. The first-order valence-electron chi connectivity index (χ1n) is 24.7. The lowest BCUT2D eigenvalue weighted by atomic mass is 10.0. The molecule has 0 bridgehead atoms. The molecule has 0 saturated heterocycles. The average Bonchev–Trinajstić information content (AvgIpc) is 3.22. The van der Waals surface area contributed by atoms with Gasteiger partial charge in [0, 0.05) is 12.8 Å². The fourth-order valence-corrected chi connectivity index (χ4v) is 7.33. The van der Waals surface area contributed by atoms with Crippen molar-refractivity contribution in [1.29, 1.82) is 0 Å². The molecular weight excluding hydrogens is 741 g/mol. The predicted molar refractivity (Wildman–Crippen MR) is 245 cm³/mol. The van der Waals surface area contributed by atoms with Gasteiger partial charge in [0.25, 0.3) is 0 Å². The maximum absolute atomic E-state index is 12.8. The van der Waals surface area contributed by atoms with E-state index in [0.717, 1.165) is 57.8 Å². The highest BCUT2D eigenvalue weighted by Gasteiger charge is 2.18. The number of carboxylic acids is 1. The van der Waals surface area contributed by atoms with Gasteiger partial charge in [-0.3, -0.25) is 14.4 Å². The van der Waals surface area contributed by atoms with Crippen molar-refractivity contribution in [1.82, 2.24) is 10.6 Å². The highest BCUT2D eigenvalue weighted by Crippen LogP contribution is 2.17. The molecule has 2 amide bonds. The zero-order valence-corrected chi connectivity index (χ0v) is 38.3. The Kier molecular flexibility index (Phi) is 42.8. The van der Waals surface area contributed by atoms with Gasteiger partial charge in [-0.2, -0.15) is 0 Å². The molecule has 0 aromatic rings. The normalized spacial score (nSPS) is 12.6. The largest absolute Gasteiger partial charge is 0.480 e. The summed E-state index contributed by atoms with van der Waals surface area (Å²) in [4.78, 5) is 47.6. The number of carbonyl (C=O) groups excluding carboxylic acids is 3. The lowest BCUT2D eigenvalue weighted by Crippen LogP contribution is -2.47. The van der Waals surface area contributed by atoms with Gasteiger partial charge in [0.1, 0.15) is 12.1 Å². The maximum Gasteiger partial charge on any atom is 0.328 e.